The topological polar surface area (TPSA) is 195 Å². The van der Waals surface area contributed by atoms with Crippen LogP contribution >= 0.6 is 0 Å². The smallest absolute Gasteiger partial charge is 0.319 e. The molecule has 0 aliphatic carbocycles. The summed E-state index contributed by atoms with van der Waals surface area (Å²) in [7, 11) is 0. The second-order valence-corrected chi connectivity index (χ2v) is 15.6. The van der Waals surface area contributed by atoms with Crippen molar-refractivity contribution < 1.29 is 42.1 Å². The van der Waals surface area contributed by atoms with Crippen molar-refractivity contribution in [2.24, 2.45) is 0 Å². The molecule has 3 heterocycles. The SMILES string of the molecule is O=C(CNC(=O)Nc1ccccc1F)N[C@@H](Cc1ccccc1)C(=O)NCC(=O)N[C@@H](Cc1ccccc1)C(=O)N1CCC[C@H]1C(=O)N1CCC(c2noc3cc(F)ccc23)CC1. The molecule has 5 aromatic rings. The minimum Gasteiger partial charge on any atom is -0.356 e. The number of piperidine rings is 1. The number of nitrogens with zero attached hydrogens (tertiary/aromatic N) is 3. The number of urea groups is 1. The Kier molecular flexibility index (Phi) is 14.4. The first-order valence-electron chi connectivity index (χ1n) is 20.9. The van der Waals surface area contributed by atoms with Gasteiger partial charge >= 0.3 is 6.03 Å². The molecule has 2 saturated heterocycles. The first-order valence-corrected chi connectivity index (χ1v) is 20.9. The number of benzene rings is 4. The van der Waals surface area contributed by atoms with Gasteiger partial charge in [-0.25, -0.2) is 13.6 Å². The number of carbonyl (C=O) groups is 6. The number of hydrogen-bond acceptors (Lipinski definition) is 8. The van der Waals surface area contributed by atoms with E-state index in [2.05, 4.69) is 31.7 Å². The lowest BCUT2D eigenvalue weighted by Gasteiger charge is -2.36. The number of likely N-dealkylation sites (tertiary alicyclic amines) is 2. The van der Waals surface area contributed by atoms with Crippen LogP contribution in [0.25, 0.3) is 11.0 Å². The maximum atomic E-state index is 14.3. The summed E-state index contributed by atoms with van der Waals surface area (Å²) in [6, 6.07) is 24.1. The normalized spacial score (nSPS) is 16.2. The molecule has 328 valence electrons. The Morgan fingerprint density at radius 2 is 1.33 bits per heavy atom. The van der Waals surface area contributed by atoms with Crippen molar-refractivity contribution in [2.45, 2.75) is 62.6 Å². The molecular weight excluding hydrogens is 815 g/mol. The summed E-state index contributed by atoms with van der Waals surface area (Å²) in [4.78, 5) is 84.1. The number of anilines is 1. The van der Waals surface area contributed by atoms with Gasteiger partial charge in [0.1, 0.15) is 29.8 Å². The van der Waals surface area contributed by atoms with Crippen LogP contribution in [0, 0.1) is 11.6 Å². The van der Waals surface area contributed by atoms with Crippen molar-refractivity contribution in [1.29, 1.82) is 0 Å². The van der Waals surface area contributed by atoms with Gasteiger partial charge in [0, 0.05) is 49.8 Å². The standard InChI is InChI=1S/C46H48F2N8O7/c47-32-17-18-33-39(26-32)63-54-42(33)31-19-22-55(23-20-31)45(61)38-16-9-21-56(38)44(60)37(25-30-12-5-2-6-13-30)52-40(57)27-49-43(59)36(24-29-10-3-1-4-11-29)51-41(58)28-50-46(62)53-35-15-8-7-14-34(35)48/h1-8,10-15,17-18,26,31,36-38H,9,16,19-25,27-28H2,(H,49,59)(H,51,58)(H,52,57)(H2,50,53,62)/t36-,37-,38-/m0/s1. The highest BCUT2D eigenvalue weighted by molar-refractivity contribution is 5.96. The van der Waals surface area contributed by atoms with Crippen molar-refractivity contribution in [1.82, 2.24) is 36.2 Å². The van der Waals surface area contributed by atoms with Crippen molar-refractivity contribution in [2.75, 3.05) is 38.0 Å². The molecule has 7 amide bonds. The molecule has 7 rings (SSSR count). The Morgan fingerprint density at radius 1 is 0.714 bits per heavy atom. The summed E-state index contributed by atoms with van der Waals surface area (Å²) in [5.74, 6) is -3.72. The van der Waals surface area contributed by atoms with Crippen LogP contribution in [0.15, 0.2) is 108 Å². The van der Waals surface area contributed by atoms with Gasteiger partial charge in [-0.05, 0) is 61.1 Å². The molecular formula is C46H48F2N8O7. The Hall–Kier alpha value is -7.17. The van der Waals surface area contributed by atoms with Gasteiger partial charge < -0.3 is 40.9 Å². The summed E-state index contributed by atoms with van der Waals surface area (Å²) in [6.45, 7) is 0.133. The maximum absolute atomic E-state index is 14.3. The number of aromatic nitrogens is 1. The van der Waals surface area contributed by atoms with E-state index in [0.29, 0.717) is 56.5 Å². The van der Waals surface area contributed by atoms with Gasteiger partial charge in [0.15, 0.2) is 5.58 Å². The van der Waals surface area contributed by atoms with E-state index in [0.717, 1.165) is 16.6 Å². The van der Waals surface area contributed by atoms with Crippen molar-refractivity contribution in [3.05, 3.63) is 132 Å². The number of fused-ring (bicyclic) bond motifs is 1. The fourth-order valence-electron chi connectivity index (χ4n) is 8.08. The second kappa shape index (κ2) is 20.6. The minimum atomic E-state index is -1.16. The highest BCUT2D eigenvalue weighted by Gasteiger charge is 2.40. The summed E-state index contributed by atoms with van der Waals surface area (Å²) < 4.78 is 33.1. The molecule has 17 heteroatoms. The van der Waals surface area contributed by atoms with Gasteiger partial charge in [0.2, 0.25) is 29.5 Å². The van der Waals surface area contributed by atoms with E-state index in [-0.39, 0.29) is 30.4 Å². The first kappa shape index (κ1) is 43.9. The number of nitrogens with one attached hydrogen (secondary N) is 5. The zero-order valence-corrected chi connectivity index (χ0v) is 34.4. The third kappa shape index (κ3) is 11.4. The minimum absolute atomic E-state index is 0.0153. The lowest BCUT2D eigenvalue weighted by atomic mass is 9.91. The predicted molar refractivity (Wildman–Crippen MR) is 228 cm³/mol. The average molecular weight is 863 g/mol. The number of hydrogen-bond donors (Lipinski definition) is 5. The highest BCUT2D eigenvalue weighted by atomic mass is 19.1. The van der Waals surface area contributed by atoms with Crippen molar-refractivity contribution >= 4 is 52.2 Å². The molecule has 63 heavy (non-hydrogen) atoms. The molecule has 0 bridgehead atoms. The molecule has 4 aromatic carbocycles. The van der Waals surface area contributed by atoms with Gasteiger partial charge in [0.25, 0.3) is 0 Å². The molecule has 0 spiro atoms. The molecule has 3 atom stereocenters. The van der Waals surface area contributed by atoms with Crippen LogP contribution in [-0.4, -0.2) is 101 Å². The summed E-state index contributed by atoms with van der Waals surface area (Å²) >= 11 is 0. The van der Waals surface area contributed by atoms with Crippen LogP contribution < -0.4 is 26.6 Å². The Labute approximate surface area is 361 Å². The van der Waals surface area contributed by atoms with Gasteiger partial charge in [-0.3, -0.25) is 24.0 Å². The van der Waals surface area contributed by atoms with E-state index in [4.69, 9.17) is 4.52 Å². The predicted octanol–water partition coefficient (Wildman–Crippen LogP) is 4.20. The molecule has 0 saturated carbocycles. The van der Waals surface area contributed by atoms with Crippen LogP contribution in [0.3, 0.4) is 0 Å². The maximum Gasteiger partial charge on any atom is 0.319 e. The van der Waals surface area contributed by atoms with E-state index >= 15 is 0 Å². The fraction of sp³-hybridized carbons (Fsp3) is 0.326. The molecule has 0 radical (unpaired) electrons. The van der Waals surface area contributed by atoms with Crippen molar-refractivity contribution in [3.8, 4) is 0 Å². The Morgan fingerprint density at radius 3 is 2.02 bits per heavy atom. The van der Waals surface area contributed by atoms with E-state index in [1.54, 1.807) is 41.3 Å². The highest BCUT2D eigenvalue weighted by Crippen LogP contribution is 2.34. The Bertz CT molecular complexity index is 2430. The molecule has 5 N–H and O–H groups in total. The number of carbonyl (C=O) groups excluding carboxylic acids is 6. The number of para-hydroxylation sites is 1. The van der Waals surface area contributed by atoms with Crippen LogP contribution in [0.1, 0.15) is 48.4 Å². The second-order valence-electron chi connectivity index (χ2n) is 15.6. The molecule has 1 aromatic heterocycles. The van der Waals surface area contributed by atoms with Crippen LogP contribution in [0.4, 0.5) is 19.3 Å². The third-order valence-electron chi connectivity index (χ3n) is 11.3. The number of rotatable bonds is 15. The summed E-state index contributed by atoms with van der Waals surface area (Å²) in [5, 5.41) is 17.5. The lowest BCUT2D eigenvalue weighted by molar-refractivity contribution is -0.146. The Balaban J connectivity index is 0.960. The first-order chi connectivity index (χ1) is 30.5. The summed E-state index contributed by atoms with van der Waals surface area (Å²) in [5.41, 5.74) is 2.51. The van der Waals surface area contributed by atoms with Crippen molar-refractivity contribution in [3.63, 3.8) is 0 Å². The van der Waals surface area contributed by atoms with Crippen LogP contribution in [0.5, 0.6) is 0 Å². The quantitative estimate of drug-likeness (QED) is 0.103. The van der Waals surface area contributed by atoms with Gasteiger partial charge in [-0.2, -0.15) is 0 Å². The molecule has 0 unspecified atom stereocenters. The molecule has 2 aliphatic rings. The zero-order chi connectivity index (χ0) is 44.3. The third-order valence-corrected chi connectivity index (χ3v) is 11.3. The van der Waals surface area contributed by atoms with E-state index in [9.17, 15) is 37.5 Å². The van der Waals surface area contributed by atoms with Gasteiger partial charge in [0.05, 0.1) is 24.5 Å². The van der Waals surface area contributed by atoms with E-state index in [1.165, 1.54) is 41.3 Å². The lowest BCUT2D eigenvalue weighted by Crippen LogP contribution is -2.57. The average Bonchev–Trinajstić information content (AvgIpc) is 3.96. The molecule has 15 nitrogen and oxygen atoms in total. The number of halogens is 2. The van der Waals surface area contributed by atoms with Gasteiger partial charge in [-0.15, -0.1) is 0 Å². The van der Waals surface area contributed by atoms with Gasteiger partial charge in [-0.1, -0.05) is 78.0 Å². The monoisotopic (exact) mass is 862 g/mol. The van der Waals surface area contributed by atoms with E-state index in [1.807, 2.05) is 30.3 Å². The zero-order valence-electron chi connectivity index (χ0n) is 34.4. The molecule has 2 fully saturated rings. The van der Waals surface area contributed by atoms with E-state index < -0.39 is 72.5 Å². The fourth-order valence-corrected chi connectivity index (χ4v) is 8.08. The van der Waals surface area contributed by atoms with Crippen LogP contribution in [0.2, 0.25) is 0 Å². The number of amides is 7. The summed E-state index contributed by atoms with van der Waals surface area (Å²) in [6.07, 6.45) is 2.48. The van der Waals surface area contributed by atoms with Crippen LogP contribution in [-0.2, 0) is 36.8 Å². The molecule has 2 aliphatic heterocycles. The largest absolute Gasteiger partial charge is 0.356 e.